The molecule has 0 unspecified atom stereocenters. The molecule has 0 aromatic heterocycles. The summed E-state index contributed by atoms with van der Waals surface area (Å²) in [6.45, 7) is 3.77. The van der Waals surface area contributed by atoms with Crippen molar-refractivity contribution in [3.63, 3.8) is 0 Å². The topological polar surface area (TPSA) is 40.5 Å². The number of benzene rings is 1. The van der Waals surface area contributed by atoms with E-state index in [1.54, 1.807) is 12.1 Å². The van der Waals surface area contributed by atoms with Gasteiger partial charge < -0.3 is 10.0 Å². The van der Waals surface area contributed by atoms with Gasteiger partial charge in [-0.25, -0.2) is 0 Å². The van der Waals surface area contributed by atoms with Gasteiger partial charge in [0, 0.05) is 31.0 Å². The molecule has 96 valence electrons. The predicted octanol–water partition coefficient (Wildman–Crippen LogP) is 2.71. The highest BCUT2D eigenvalue weighted by atomic mass is 32.2. The molecule has 0 aliphatic heterocycles. The molecule has 3 nitrogen and oxygen atoms in total. The maximum absolute atomic E-state index is 12.0. The number of thioether (sulfide) groups is 1. The average molecular weight is 281 g/mol. The number of hydrogen-bond acceptors (Lipinski definition) is 4. The highest BCUT2D eigenvalue weighted by Gasteiger charge is 2.11. The normalized spacial score (nSPS) is 9.89. The number of phenolic OH excluding ortho intramolecular Hbond substituents is 1. The maximum Gasteiger partial charge on any atom is 0.189 e. The summed E-state index contributed by atoms with van der Waals surface area (Å²) in [5.74, 6) is 0.487. The molecule has 0 atom stereocenters. The third-order valence-electron chi connectivity index (χ3n) is 2.19. The van der Waals surface area contributed by atoms with E-state index in [1.807, 2.05) is 19.0 Å². The number of aromatic hydroxyl groups is 1. The van der Waals surface area contributed by atoms with Gasteiger partial charge in [0.25, 0.3) is 0 Å². The molecule has 1 N–H and O–H groups in total. The molecular formula is C13H15NO2S2. The van der Waals surface area contributed by atoms with Crippen molar-refractivity contribution < 1.29 is 9.90 Å². The fraction of sp³-hybridized carbons (Fsp3) is 0.231. The van der Waals surface area contributed by atoms with Crippen molar-refractivity contribution >= 4 is 34.1 Å². The Balaban J connectivity index is 2.59. The van der Waals surface area contributed by atoms with Crippen molar-refractivity contribution in [2.75, 3.05) is 19.8 Å². The van der Waals surface area contributed by atoms with Crippen LogP contribution in [-0.4, -0.2) is 40.0 Å². The van der Waals surface area contributed by atoms with Crippen molar-refractivity contribution in [2.24, 2.45) is 0 Å². The van der Waals surface area contributed by atoms with Gasteiger partial charge in [0.2, 0.25) is 0 Å². The monoisotopic (exact) mass is 281 g/mol. The number of thiocarbonyl (C=S) groups is 1. The minimum atomic E-state index is -0.121. The van der Waals surface area contributed by atoms with Crippen LogP contribution in [0.3, 0.4) is 0 Å². The number of hydrogen-bond donors (Lipinski definition) is 1. The highest BCUT2D eigenvalue weighted by molar-refractivity contribution is 8.23. The lowest BCUT2D eigenvalue weighted by molar-refractivity contribution is 0.103. The third-order valence-corrected chi connectivity index (χ3v) is 4.01. The molecule has 0 fully saturated rings. The number of nitrogens with zero attached hydrogens (tertiary/aromatic N) is 1. The van der Waals surface area contributed by atoms with Crippen LogP contribution < -0.4 is 0 Å². The molecule has 0 saturated heterocycles. The van der Waals surface area contributed by atoms with Crippen LogP contribution >= 0.6 is 24.0 Å². The van der Waals surface area contributed by atoms with Crippen LogP contribution in [0.25, 0.3) is 0 Å². The summed E-state index contributed by atoms with van der Waals surface area (Å²) in [6, 6.07) is 6.13. The zero-order chi connectivity index (χ0) is 13.7. The van der Waals surface area contributed by atoms with E-state index in [-0.39, 0.29) is 11.5 Å². The molecule has 0 aliphatic carbocycles. The van der Waals surface area contributed by atoms with Crippen molar-refractivity contribution in [3.8, 4) is 5.75 Å². The second-order valence-electron chi connectivity index (χ2n) is 3.93. The van der Waals surface area contributed by atoms with Crippen LogP contribution in [0, 0.1) is 0 Å². The van der Waals surface area contributed by atoms with Gasteiger partial charge in [0.05, 0.1) is 0 Å². The molecule has 1 aromatic carbocycles. The van der Waals surface area contributed by atoms with Gasteiger partial charge in [0.1, 0.15) is 10.1 Å². The summed E-state index contributed by atoms with van der Waals surface area (Å²) in [4.78, 5) is 13.8. The number of Topliss-reactive ketones (excluding diaryl/α,β-unsaturated/α-hetero) is 1. The van der Waals surface area contributed by atoms with E-state index < -0.39 is 0 Å². The van der Waals surface area contributed by atoms with Gasteiger partial charge in [0.15, 0.2) is 5.78 Å². The molecule has 1 aromatic rings. The first-order chi connectivity index (χ1) is 8.41. The van der Waals surface area contributed by atoms with Crippen molar-refractivity contribution in [2.45, 2.75) is 0 Å². The number of carbonyl (C=O) groups is 1. The Kier molecular flexibility index (Phi) is 5.37. The van der Waals surface area contributed by atoms with E-state index in [2.05, 4.69) is 6.58 Å². The van der Waals surface area contributed by atoms with Gasteiger partial charge in [-0.05, 0) is 24.3 Å². The van der Waals surface area contributed by atoms with E-state index in [9.17, 15) is 4.79 Å². The van der Waals surface area contributed by atoms with Gasteiger partial charge >= 0.3 is 0 Å². The van der Waals surface area contributed by atoms with Crippen LogP contribution in [0.15, 0.2) is 36.4 Å². The molecule has 0 saturated carbocycles. The number of phenols is 1. The SMILES string of the molecule is C=C(CSC(=S)N(C)C)C(=O)c1ccc(O)cc1. The summed E-state index contributed by atoms with van der Waals surface area (Å²) in [5.41, 5.74) is 1.02. The third kappa shape index (κ3) is 4.16. The molecule has 1 rings (SSSR count). The molecule has 0 heterocycles. The van der Waals surface area contributed by atoms with E-state index in [4.69, 9.17) is 17.3 Å². The van der Waals surface area contributed by atoms with Crippen LogP contribution in [-0.2, 0) is 0 Å². The van der Waals surface area contributed by atoms with E-state index >= 15 is 0 Å². The summed E-state index contributed by atoms with van der Waals surface area (Å²) >= 11 is 6.53. The lowest BCUT2D eigenvalue weighted by Crippen LogP contribution is -2.17. The zero-order valence-electron chi connectivity index (χ0n) is 10.3. The van der Waals surface area contributed by atoms with Gasteiger partial charge in [-0.2, -0.15) is 0 Å². The second kappa shape index (κ2) is 6.56. The minimum absolute atomic E-state index is 0.121. The van der Waals surface area contributed by atoms with Gasteiger partial charge in [-0.3, -0.25) is 4.79 Å². The van der Waals surface area contributed by atoms with Gasteiger partial charge in [-0.15, -0.1) is 0 Å². The van der Waals surface area contributed by atoms with Crippen LogP contribution in [0.5, 0.6) is 5.75 Å². The summed E-state index contributed by atoms with van der Waals surface area (Å²) in [7, 11) is 3.72. The Labute approximate surface area is 116 Å². The predicted molar refractivity (Wildman–Crippen MR) is 80.3 cm³/mol. The van der Waals surface area contributed by atoms with Gasteiger partial charge in [-0.1, -0.05) is 30.6 Å². The molecule has 0 bridgehead atoms. The quantitative estimate of drug-likeness (QED) is 0.522. The zero-order valence-corrected chi connectivity index (χ0v) is 12.0. The smallest absolute Gasteiger partial charge is 0.189 e. The Bertz CT molecular complexity index is 466. The Morgan fingerprint density at radius 1 is 1.39 bits per heavy atom. The first-order valence-corrected chi connectivity index (χ1v) is 6.67. The van der Waals surface area contributed by atoms with Crippen LogP contribution in [0.2, 0.25) is 0 Å². The molecule has 0 aliphatic rings. The molecule has 0 amide bonds. The van der Waals surface area contributed by atoms with E-state index in [0.717, 1.165) is 4.32 Å². The summed E-state index contributed by atoms with van der Waals surface area (Å²) < 4.78 is 0.717. The summed E-state index contributed by atoms with van der Waals surface area (Å²) in [5, 5.41) is 9.15. The average Bonchev–Trinajstić information content (AvgIpc) is 2.35. The molecule has 0 spiro atoms. The van der Waals surface area contributed by atoms with Crippen molar-refractivity contribution in [1.29, 1.82) is 0 Å². The molecule has 5 heteroatoms. The first kappa shape index (κ1) is 14.7. The standard InChI is InChI=1S/C13H15NO2S2/c1-9(8-18-13(17)14(2)3)12(16)10-4-6-11(15)7-5-10/h4-7,15H,1,8H2,2-3H3. The fourth-order valence-corrected chi connectivity index (χ4v) is 2.02. The van der Waals surface area contributed by atoms with Crippen molar-refractivity contribution in [1.82, 2.24) is 4.90 Å². The molecule has 0 radical (unpaired) electrons. The van der Waals surface area contributed by atoms with Crippen LogP contribution in [0.1, 0.15) is 10.4 Å². The second-order valence-corrected chi connectivity index (χ2v) is 5.54. The van der Waals surface area contributed by atoms with Crippen molar-refractivity contribution in [3.05, 3.63) is 42.0 Å². The number of carbonyl (C=O) groups excluding carboxylic acids is 1. The Morgan fingerprint density at radius 3 is 2.44 bits per heavy atom. The summed E-state index contributed by atoms with van der Waals surface area (Å²) in [6.07, 6.45) is 0. The lowest BCUT2D eigenvalue weighted by Gasteiger charge is -2.13. The Hall–Kier alpha value is -1.33. The molecular weight excluding hydrogens is 266 g/mol. The fourth-order valence-electron chi connectivity index (χ4n) is 1.16. The number of rotatable bonds is 4. The largest absolute Gasteiger partial charge is 0.508 e. The van der Waals surface area contributed by atoms with E-state index in [1.165, 1.54) is 23.9 Å². The Morgan fingerprint density at radius 2 is 1.94 bits per heavy atom. The maximum atomic E-state index is 12.0. The van der Waals surface area contributed by atoms with Crippen LogP contribution in [0.4, 0.5) is 0 Å². The lowest BCUT2D eigenvalue weighted by atomic mass is 10.1. The highest BCUT2D eigenvalue weighted by Crippen LogP contribution is 2.17. The number of ketones is 1. The minimum Gasteiger partial charge on any atom is -0.508 e. The first-order valence-electron chi connectivity index (χ1n) is 5.27. The molecule has 18 heavy (non-hydrogen) atoms. The van der Waals surface area contributed by atoms with E-state index in [0.29, 0.717) is 16.9 Å².